The third kappa shape index (κ3) is 1.71. The van der Waals surface area contributed by atoms with Gasteiger partial charge in [-0.15, -0.1) is 0 Å². The van der Waals surface area contributed by atoms with Gasteiger partial charge in [-0.2, -0.15) is 0 Å². The zero-order chi connectivity index (χ0) is 11.0. The SMILES string of the molecule is CCC1CC1NCc1c[nH]c2ncccc12. The molecule has 0 amide bonds. The van der Waals surface area contributed by atoms with Gasteiger partial charge in [-0.3, -0.25) is 0 Å². The molecule has 3 heteroatoms. The second-order valence-corrected chi connectivity index (χ2v) is 4.60. The summed E-state index contributed by atoms with van der Waals surface area (Å²) in [6.45, 7) is 3.22. The van der Waals surface area contributed by atoms with Crippen LogP contribution in [0.15, 0.2) is 24.5 Å². The van der Waals surface area contributed by atoms with Gasteiger partial charge in [0.05, 0.1) is 0 Å². The maximum atomic E-state index is 4.29. The molecule has 2 heterocycles. The van der Waals surface area contributed by atoms with Gasteiger partial charge in [0.2, 0.25) is 0 Å². The third-order valence-corrected chi connectivity index (χ3v) is 3.54. The van der Waals surface area contributed by atoms with Gasteiger partial charge < -0.3 is 10.3 Å². The van der Waals surface area contributed by atoms with Crippen LogP contribution in [0.3, 0.4) is 0 Å². The topological polar surface area (TPSA) is 40.7 Å². The van der Waals surface area contributed by atoms with E-state index in [1.54, 1.807) is 0 Å². The Morgan fingerprint density at radius 1 is 1.56 bits per heavy atom. The van der Waals surface area contributed by atoms with E-state index in [1.807, 2.05) is 12.3 Å². The number of rotatable bonds is 4. The monoisotopic (exact) mass is 215 g/mol. The van der Waals surface area contributed by atoms with Gasteiger partial charge in [-0.05, 0) is 30.0 Å². The molecule has 0 saturated heterocycles. The summed E-state index contributed by atoms with van der Waals surface area (Å²) >= 11 is 0. The first-order chi connectivity index (χ1) is 7.88. The summed E-state index contributed by atoms with van der Waals surface area (Å²) in [6.07, 6.45) is 6.53. The van der Waals surface area contributed by atoms with Crippen molar-refractivity contribution < 1.29 is 0 Å². The molecule has 16 heavy (non-hydrogen) atoms. The van der Waals surface area contributed by atoms with Gasteiger partial charge in [-0.25, -0.2) is 4.98 Å². The average molecular weight is 215 g/mol. The van der Waals surface area contributed by atoms with Crippen molar-refractivity contribution >= 4 is 11.0 Å². The molecule has 0 spiro atoms. The van der Waals surface area contributed by atoms with Crippen LogP contribution in [0.4, 0.5) is 0 Å². The van der Waals surface area contributed by atoms with Crippen molar-refractivity contribution in [1.29, 1.82) is 0 Å². The number of aromatic nitrogens is 2. The average Bonchev–Trinajstić information content (AvgIpc) is 2.98. The lowest BCUT2D eigenvalue weighted by Gasteiger charge is -2.02. The lowest BCUT2D eigenvalue weighted by Crippen LogP contribution is -2.17. The summed E-state index contributed by atoms with van der Waals surface area (Å²) in [5, 5.41) is 4.84. The molecule has 3 rings (SSSR count). The number of nitrogens with zero attached hydrogens (tertiary/aromatic N) is 1. The molecule has 1 aliphatic carbocycles. The molecular formula is C13H17N3. The van der Waals surface area contributed by atoms with Crippen molar-refractivity contribution in [2.75, 3.05) is 0 Å². The smallest absolute Gasteiger partial charge is 0.137 e. The Morgan fingerprint density at radius 3 is 3.31 bits per heavy atom. The van der Waals surface area contributed by atoms with E-state index in [2.05, 4.69) is 34.5 Å². The highest BCUT2D eigenvalue weighted by atomic mass is 15.0. The zero-order valence-corrected chi connectivity index (χ0v) is 9.53. The molecule has 3 nitrogen and oxygen atoms in total. The highest BCUT2D eigenvalue weighted by Crippen LogP contribution is 2.33. The largest absolute Gasteiger partial charge is 0.346 e. The van der Waals surface area contributed by atoms with Crippen molar-refractivity contribution in [3.63, 3.8) is 0 Å². The molecule has 1 aliphatic rings. The van der Waals surface area contributed by atoms with E-state index < -0.39 is 0 Å². The number of H-pyrrole nitrogens is 1. The van der Waals surface area contributed by atoms with Gasteiger partial charge in [0.1, 0.15) is 5.65 Å². The number of aromatic amines is 1. The predicted molar refractivity (Wildman–Crippen MR) is 65.1 cm³/mol. The molecule has 84 valence electrons. The minimum Gasteiger partial charge on any atom is -0.346 e. The molecule has 0 bridgehead atoms. The summed E-state index contributed by atoms with van der Waals surface area (Å²) < 4.78 is 0. The van der Waals surface area contributed by atoms with Crippen molar-refractivity contribution in [3.8, 4) is 0 Å². The van der Waals surface area contributed by atoms with E-state index in [9.17, 15) is 0 Å². The van der Waals surface area contributed by atoms with Crippen LogP contribution in [0, 0.1) is 5.92 Å². The van der Waals surface area contributed by atoms with E-state index >= 15 is 0 Å². The Balaban J connectivity index is 1.70. The van der Waals surface area contributed by atoms with E-state index in [0.717, 1.165) is 24.2 Å². The van der Waals surface area contributed by atoms with Crippen molar-refractivity contribution in [2.45, 2.75) is 32.4 Å². The Kier molecular flexibility index (Phi) is 2.40. The second kappa shape index (κ2) is 3.91. The molecule has 2 aromatic rings. The van der Waals surface area contributed by atoms with Crippen LogP contribution in [0.25, 0.3) is 11.0 Å². The van der Waals surface area contributed by atoms with Crippen molar-refractivity contribution in [1.82, 2.24) is 15.3 Å². The fourth-order valence-corrected chi connectivity index (χ4v) is 2.35. The first-order valence-electron chi connectivity index (χ1n) is 6.03. The summed E-state index contributed by atoms with van der Waals surface area (Å²) in [5.74, 6) is 0.906. The maximum Gasteiger partial charge on any atom is 0.137 e. The van der Waals surface area contributed by atoms with Gasteiger partial charge in [0.25, 0.3) is 0 Å². The maximum absolute atomic E-state index is 4.29. The molecule has 2 N–H and O–H groups in total. The molecule has 1 saturated carbocycles. The molecule has 2 atom stereocenters. The number of pyridine rings is 1. The molecular weight excluding hydrogens is 198 g/mol. The van der Waals surface area contributed by atoms with Crippen LogP contribution in [0.5, 0.6) is 0 Å². The van der Waals surface area contributed by atoms with Crippen LogP contribution in [0.1, 0.15) is 25.3 Å². The van der Waals surface area contributed by atoms with Gasteiger partial charge >= 0.3 is 0 Å². The highest BCUT2D eigenvalue weighted by molar-refractivity contribution is 5.79. The second-order valence-electron chi connectivity index (χ2n) is 4.60. The van der Waals surface area contributed by atoms with Gasteiger partial charge in [0.15, 0.2) is 0 Å². The quantitative estimate of drug-likeness (QED) is 0.822. The Morgan fingerprint density at radius 2 is 2.50 bits per heavy atom. The lowest BCUT2D eigenvalue weighted by atomic mass is 10.2. The zero-order valence-electron chi connectivity index (χ0n) is 9.53. The van der Waals surface area contributed by atoms with Crippen LogP contribution in [-0.2, 0) is 6.54 Å². The van der Waals surface area contributed by atoms with E-state index in [-0.39, 0.29) is 0 Å². The van der Waals surface area contributed by atoms with E-state index in [1.165, 1.54) is 23.8 Å². The highest BCUT2D eigenvalue weighted by Gasteiger charge is 2.34. The third-order valence-electron chi connectivity index (χ3n) is 3.54. The molecule has 0 radical (unpaired) electrons. The summed E-state index contributed by atoms with van der Waals surface area (Å²) in [4.78, 5) is 7.50. The van der Waals surface area contributed by atoms with Crippen LogP contribution < -0.4 is 5.32 Å². The van der Waals surface area contributed by atoms with E-state index in [4.69, 9.17) is 0 Å². The van der Waals surface area contributed by atoms with Crippen molar-refractivity contribution in [3.05, 3.63) is 30.1 Å². The van der Waals surface area contributed by atoms with Gasteiger partial charge in [-0.1, -0.05) is 13.3 Å². The Hall–Kier alpha value is -1.35. The fourth-order valence-electron chi connectivity index (χ4n) is 2.35. The summed E-state index contributed by atoms with van der Waals surface area (Å²) in [6, 6.07) is 4.86. The molecule has 0 aromatic carbocycles. The fraction of sp³-hybridized carbons (Fsp3) is 0.462. The molecule has 0 aliphatic heterocycles. The van der Waals surface area contributed by atoms with Crippen LogP contribution in [0.2, 0.25) is 0 Å². The molecule has 2 aromatic heterocycles. The number of nitrogens with one attached hydrogen (secondary N) is 2. The lowest BCUT2D eigenvalue weighted by molar-refractivity contribution is 0.625. The number of hydrogen-bond donors (Lipinski definition) is 2. The predicted octanol–water partition coefficient (Wildman–Crippen LogP) is 2.45. The van der Waals surface area contributed by atoms with E-state index in [0.29, 0.717) is 0 Å². The Bertz CT molecular complexity index is 489. The first kappa shape index (κ1) is 9.85. The van der Waals surface area contributed by atoms with Gasteiger partial charge in [0, 0.05) is 30.4 Å². The first-order valence-corrected chi connectivity index (χ1v) is 6.03. The molecule has 2 unspecified atom stereocenters. The molecule has 1 fully saturated rings. The van der Waals surface area contributed by atoms with Crippen LogP contribution in [-0.4, -0.2) is 16.0 Å². The number of fused-ring (bicyclic) bond motifs is 1. The normalized spacial score (nSPS) is 23.8. The number of hydrogen-bond acceptors (Lipinski definition) is 2. The minimum atomic E-state index is 0.742. The Labute approximate surface area is 95.3 Å². The summed E-state index contributed by atoms with van der Waals surface area (Å²) in [7, 11) is 0. The standard InChI is InChI=1S/C13H17N3/c1-2-9-6-12(9)15-7-10-8-16-13-11(10)4-3-5-14-13/h3-5,8-9,12,15H,2,6-7H2,1H3,(H,14,16). The minimum absolute atomic E-state index is 0.742. The summed E-state index contributed by atoms with van der Waals surface area (Å²) in [5.41, 5.74) is 2.31. The van der Waals surface area contributed by atoms with Crippen LogP contribution >= 0.6 is 0 Å². The van der Waals surface area contributed by atoms with Crippen molar-refractivity contribution in [2.24, 2.45) is 5.92 Å².